The molecule has 1 heterocycles. The Morgan fingerprint density at radius 1 is 1.36 bits per heavy atom. The molecule has 2 atom stereocenters. The predicted molar refractivity (Wildman–Crippen MR) is 60.3 cm³/mol. The summed E-state index contributed by atoms with van der Waals surface area (Å²) in [5.74, 6) is 0.595. The van der Waals surface area contributed by atoms with E-state index in [1.54, 1.807) is 0 Å². The van der Waals surface area contributed by atoms with Gasteiger partial charge >= 0.3 is 0 Å². The maximum absolute atomic E-state index is 5.66. The van der Waals surface area contributed by atoms with Crippen LogP contribution in [0.15, 0.2) is 24.3 Å². The number of nitrogens with one attached hydrogen (secondary N) is 1. The molecular formula is C12H18N2. The maximum Gasteiger partial charge on any atom is 0.0314 e. The van der Waals surface area contributed by atoms with E-state index in [0.717, 1.165) is 5.69 Å². The molecule has 1 aromatic rings. The molecule has 0 saturated carbocycles. The van der Waals surface area contributed by atoms with Gasteiger partial charge in [0.1, 0.15) is 0 Å². The third-order valence-electron chi connectivity index (χ3n) is 3.16. The van der Waals surface area contributed by atoms with E-state index in [4.69, 9.17) is 5.73 Å². The molecule has 76 valence electrons. The number of anilines is 1. The number of nitrogens with two attached hydrogens (primary N) is 1. The Bertz CT molecular complexity index is 286. The highest BCUT2D eigenvalue weighted by atomic mass is 14.9. The largest absolute Gasteiger partial charge is 0.399 e. The van der Waals surface area contributed by atoms with Crippen molar-refractivity contribution < 1.29 is 0 Å². The van der Waals surface area contributed by atoms with Gasteiger partial charge in [-0.05, 0) is 43.0 Å². The molecule has 1 aliphatic rings. The summed E-state index contributed by atoms with van der Waals surface area (Å²) in [4.78, 5) is 0. The fraction of sp³-hybridized carbons (Fsp3) is 0.500. The summed E-state index contributed by atoms with van der Waals surface area (Å²) < 4.78 is 0. The fourth-order valence-corrected chi connectivity index (χ4v) is 2.17. The van der Waals surface area contributed by atoms with E-state index in [-0.39, 0.29) is 0 Å². The Hall–Kier alpha value is -1.02. The minimum Gasteiger partial charge on any atom is -0.399 e. The monoisotopic (exact) mass is 190 g/mol. The molecule has 0 bridgehead atoms. The van der Waals surface area contributed by atoms with Gasteiger partial charge in [-0.3, -0.25) is 0 Å². The smallest absolute Gasteiger partial charge is 0.0314 e. The molecule has 0 amide bonds. The normalized spacial score (nSPS) is 23.6. The predicted octanol–water partition coefficient (Wildman–Crippen LogP) is 2.12. The van der Waals surface area contributed by atoms with E-state index >= 15 is 0 Å². The first-order valence-electron chi connectivity index (χ1n) is 5.36. The second-order valence-corrected chi connectivity index (χ2v) is 4.16. The summed E-state index contributed by atoms with van der Waals surface area (Å²) >= 11 is 0. The van der Waals surface area contributed by atoms with Crippen molar-refractivity contribution in [1.82, 2.24) is 5.32 Å². The van der Waals surface area contributed by atoms with Crippen LogP contribution in [0.4, 0.5) is 5.69 Å². The van der Waals surface area contributed by atoms with Crippen molar-refractivity contribution in [1.29, 1.82) is 0 Å². The van der Waals surface area contributed by atoms with Gasteiger partial charge in [-0.1, -0.05) is 19.1 Å². The highest BCUT2D eigenvalue weighted by Gasteiger charge is 2.21. The van der Waals surface area contributed by atoms with Gasteiger partial charge in [-0.15, -0.1) is 0 Å². The molecule has 2 nitrogen and oxygen atoms in total. The molecule has 1 saturated heterocycles. The van der Waals surface area contributed by atoms with Crippen molar-refractivity contribution in [2.24, 2.45) is 0 Å². The van der Waals surface area contributed by atoms with Crippen LogP contribution in [-0.4, -0.2) is 12.6 Å². The molecule has 1 aromatic carbocycles. The van der Waals surface area contributed by atoms with Crippen LogP contribution >= 0.6 is 0 Å². The Kier molecular flexibility index (Phi) is 2.73. The van der Waals surface area contributed by atoms with Gasteiger partial charge in [-0.2, -0.15) is 0 Å². The van der Waals surface area contributed by atoms with E-state index in [0.29, 0.717) is 12.0 Å². The van der Waals surface area contributed by atoms with Crippen LogP contribution in [0.2, 0.25) is 0 Å². The van der Waals surface area contributed by atoms with Crippen molar-refractivity contribution in [3.05, 3.63) is 29.8 Å². The van der Waals surface area contributed by atoms with E-state index in [9.17, 15) is 0 Å². The molecule has 0 radical (unpaired) electrons. The summed E-state index contributed by atoms with van der Waals surface area (Å²) in [6, 6.07) is 8.90. The Labute approximate surface area is 85.5 Å². The lowest BCUT2D eigenvalue weighted by Gasteiger charge is -2.19. The van der Waals surface area contributed by atoms with Crippen LogP contribution in [0.25, 0.3) is 0 Å². The zero-order valence-corrected chi connectivity index (χ0v) is 8.66. The zero-order valence-electron chi connectivity index (χ0n) is 8.66. The van der Waals surface area contributed by atoms with Crippen LogP contribution in [-0.2, 0) is 0 Å². The highest BCUT2D eigenvalue weighted by Crippen LogP contribution is 2.25. The van der Waals surface area contributed by atoms with Gasteiger partial charge in [0.2, 0.25) is 0 Å². The quantitative estimate of drug-likeness (QED) is 0.701. The third-order valence-corrected chi connectivity index (χ3v) is 3.16. The molecule has 2 unspecified atom stereocenters. The molecule has 0 aromatic heterocycles. The van der Waals surface area contributed by atoms with Crippen LogP contribution in [0.1, 0.15) is 31.2 Å². The summed E-state index contributed by atoms with van der Waals surface area (Å²) in [7, 11) is 0. The van der Waals surface area contributed by atoms with Gasteiger partial charge in [0.05, 0.1) is 0 Å². The molecule has 14 heavy (non-hydrogen) atoms. The van der Waals surface area contributed by atoms with Crippen molar-refractivity contribution in [3.8, 4) is 0 Å². The SMILES string of the molecule is CC(c1ccc(N)cc1)C1CCCN1. The highest BCUT2D eigenvalue weighted by molar-refractivity contribution is 5.40. The zero-order chi connectivity index (χ0) is 9.97. The number of hydrogen-bond acceptors (Lipinski definition) is 2. The Morgan fingerprint density at radius 2 is 2.07 bits per heavy atom. The van der Waals surface area contributed by atoms with Crippen molar-refractivity contribution in [2.75, 3.05) is 12.3 Å². The lowest BCUT2D eigenvalue weighted by atomic mass is 9.92. The molecular weight excluding hydrogens is 172 g/mol. The number of nitrogen functional groups attached to an aromatic ring is 1. The van der Waals surface area contributed by atoms with Crippen LogP contribution in [0, 0.1) is 0 Å². The minimum absolute atomic E-state index is 0.595. The first-order valence-corrected chi connectivity index (χ1v) is 5.36. The molecule has 0 aliphatic carbocycles. The average Bonchev–Trinajstić information content (AvgIpc) is 2.71. The van der Waals surface area contributed by atoms with Crippen molar-refractivity contribution >= 4 is 5.69 Å². The number of benzene rings is 1. The first-order chi connectivity index (χ1) is 6.77. The van der Waals surface area contributed by atoms with E-state index < -0.39 is 0 Å². The van der Waals surface area contributed by atoms with Gasteiger partial charge in [0.15, 0.2) is 0 Å². The van der Waals surface area contributed by atoms with Crippen molar-refractivity contribution in [2.45, 2.75) is 31.7 Å². The molecule has 2 rings (SSSR count). The second-order valence-electron chi connectivity index (χ2n) is 4.16. The molecule has 3 N–H and O–H groups in total. The lowest BCUT2D eigenvalue weighted by Crippen LogP contribution is -2.27. The first kappa shape index (κ1) is 9.53. The molecule has 1 aliphatic heterocycles. The van der Waals surface area contributed by atoms with Crippen LogP contribution in [0.5, 0.6) is 0 Å². The number of hydrogen-bond donors (Lipinski definition) is 2. The Balaban J connectivity index is 2.09. The fourth-order valence-electron chi connectivity index (χ4n) is 2.17. The third kappa shape index (κ3) is 1.90. The second kappa shape index (κ2) is 4.01. The molecule has 0 spiro atoms. The van der Waals surface area contributed by atoms with E-state index in [1.165, 1.54) is 24.9 Å². The van der Waals surface area contributed by atoms with E-state index in [1.807, 2.05) is 12.1 Å². The summed E-state index contributed by atoms with van der Waals surface area (Å²) in [6.45, 7) is 3.46. The topological polar surface area (TPSA) is 38.0 Å². The summed E-state index contributed by atoms with van der Waals surface area (Å²) in [5, 5.41) is 3.54. The minimum atomic E-state index is 0.595. The van der Waals surface area contributed by atoms with Crippen molar-refractivity contribution in [3.63, 3.8) is 0 Å². The number of rotatable bonds is 2. The lowest BCUT2D eigenvalue weighted by molar-refractivity contribution is 0.517. The van der Waals surface area contributed by atoms with Crippen LogP contribution < -0.4 is 11.1 Å². The Morgan fingerprint density at radius 3 is 2.64 bits per heavy atom. The summed E-state index contributed by atoms with van der Waals surface area (Å²) in [5.41, 5.74) is 7.90. The van der Waals surface area contributed by atoms with Gasteiger partial charge < -0.3 is 11.1 Å². The molecule has 2 heteroatoms. The van der Waals surface area contributed by atoms with Gasteiger partial charge in [-0.25, -0.2) is 0 Å². The average molecular weight is 190 g/mol. The standard InChI is InChI=1S/C12H18N2/c1-9(12-3-2-8-14-12)10-4-6-11(13)7-5-10/h4-7,9,12,14H,2-3,8,13H2,1H3. The maximum atomic E-state index is 5.66. The van der Waals surface area contributed by atoms with Gasteiger partial charge in [0, 0.05) is 11.7 Å². The van der Waals surface area contributed by atoms with Crippen LogP contribution in [0.3, 0.4) is 0 Å². The molecule has 1 fully saturated rings. The van der Waals surface area contributed by atoms with E-state index in [2.05, 4.69) is 24.4 Å². The summed E-state index contributed by atoms with van der Waals surface area (Å²) in [6.07, 6.45) is 2.61. The van der Waals surface area contributed by atoms with Gasteiger partial charge in [0.25, 0.3) is 0 Å².